The number of hydrogen-bond donors (Lipinski definition) is 0. The Bertz CT molecular complexity index is 334. The van der Waals surface area contributed by atoms with Crippen molar-refractivity contribution >= 4 is 5.91 Å². The van der Waals surface area contributed by atoms with Crippen LogP contribution in [0.1, 0.15) is 24.4 Å². The van der Waals surface area contributed by atoms with Crippen molar-refractivity contribution in [3.05, 3.63) is 24.2 Å². The SMILES string of the molecule is CC1CN(C(=O)c2ccco2)C(C)CO1. The molecule has 2 heterocycles. The largest absolute Gasteiger partial charge is 0.459 e. The number of ether oxygens (including phenoxy) is 1. The third-order valence-corrected chi connectivity index (χ3v) is 2.60. The Balaban J connectivity index is 2.12. The molecule has 1 fully saturated rings. The molecule has 1 aliphatic heterocycles. The average Bonchev–Trinajstić information content (AvgIpc) is 2.74. The molecular weight excluding hydrogens is 194 g/mol. The Kier molecular flexibility index (Phi) is 2.77. The van der Waals surface area contributed by atoms with Crippen LogP contribution < -0.4 is 0 Å². The van der Waals surface area contributed by atoms with E-state index >= 15 is 0 Å². The highest BCUT2D eigenvalue weighted by Gasteiger charge is 2.29. The lowest BCUT2D eigenvalue weighted by atomic mass is 10.2. The van der Waals surface area contributed by atoms with Gasteiger partial charge in [0.25, 0.3) is 5.91 Å². The fourth-order valence-corrected chi connectivity index (χ4v) is 1.73. The van der Waals surface area contributed by atoms with Gasteiger partial charge in [-0.1, -0.05) is 0 Å². The van der Waals surface area contributed by atoms with Gasteiger partial charge < -0.3 is 14.1 Å². The number of hydrogen-bond acceptors (Lipinski definition) is 3. The summed E-state index contributed by atoms with van der Waals surface area (Å²) in [7, 11) is 0. The minimum atomic E-state index is -0.0531. The smallest absolute Gasteiger partial charge is 0.289 e. The zero-order valence-corrected chi connectivity index (χ0v) is 8.97. The molecule has 4 nitrogen and oxygen atoms in total. The van der Waals surface area contributed by atoms with Gasteiger partial charge in [-0.15, -0.1) is 0 Å². The lowest BCUT2D eigenvalue weighted by Gasteiger charge is -2.36. The van der Waals surface area contributed by atoms with Crippen LogP contribution in [0.3, 0.4) is 0 Å². The highest BCUT2D eigenvalue weighted by molar-refractivity contribution is 5.91. The maximum Gasteiger partial charge on any atom is 0.289 e. The lowest BCUT2D eigenvalue weighted by Crippen LogP contribution is -2.50. The maximum absolute atomic E-state index is 12.0. The fourth-order valence-electron chi connectivity index (χ4n) is 1.73. The molecule has 2 unspecified atom stereocenters. The van der Waals surface area contributed by atoms with E-state index in [2.05, 4.69) is 0 Å². The van der Waals surface area contributed by atoms with Gasteiger partial charge in [0.1, 0.15) is 0 Å². The van der Waals surface area contributed by atoms with E-state index in [1.807, 2.05) is 13.8 Å². The van der Waals surface area contributed by atoms with E-state index < -0.39 is 0 Å². The molecule has 0 radical (unpaired) electrons. The molecule has 0 aliphatic carbocycles. The summed E-state index contributed by atoms with van der Waals surface area (Å²) >= 11 is 0. The molecule has 2 atom stereocenters. The third kappa shape index (κ3) is 2.04. The number of amides is 1. The van der Waals surface area contributed by atoms with Crippen LogP contribution in [0.15, 0.2) is 22.8 Å². The first-order valence-electron chi connectivity index (χ1n) is 5.14. The van der Waals surface area contributed by atoms with Crippen LogP contribution in [-0.4, -0.2) is 36.1 Å². The third-order valence-electron chi connectivity index (χ3n) is 2.60. The molecule has 1 saturated heterocycles. The molecule has 15 heavy (non-hydrogen) atoms. The number of rotatable bonds is 1. The first kappa shape index (κ1) is 10.2. The Morgan fingerprint density at radius 1 is 1.53 bits per heavy atom. The standard InChI is InChI=1S/C11H15NO3/c1-8-7-15-9(2)6-12(8)11(13)10-4-3-5-14-10/h3-5,8-9H,6-7H2,1-2H3. The molecular formula is C11H15NO3. The van der Waals surface area contributed by atoms with Crippen molar-refractivity contribution < 1.29 is 13.9 Å². The van der Waals surface area contributed by atoms with Gasteiger partial charge in [-0.25, -0.2) is 0 Å². The summed E-state index contributed by atoms with van der Waals surface area (Å²) in [5.74, 6) is 0.346. The molecule has 4 heteroatoms. The molecule has 0 aromatic carbocycles. The number of morpholine rings is 1. The van der Waals surface area contributed by atoms with Gasteiger partial charge in [0.2, 0.25) is 0 Å². The molecule has 0 spiro atoms. The normalized spacial score (nSPS) is 26.7. The van der Waals surface area contributed by atoms with Crippen molar-refractivity contribution in [1.29, 1.82) is 0 Å². The monoisotopic (exact) mass is 209 g/mol. The van der Waals surface area contributed by atoms with Crippen molar-refractivity contribution in [1.82, 2.24) is 4.90 Å². The molecule has 1 aliphatic rings. The van der Waals surface area contributed by atoms with E-state index in [0.29, 0.717) is 18.9 Å². The second-order valence-electron chi connectivity index (χ2n) is 3.93. The number of carbonyl (C=O) groups excluding carboxylic acids is 1. The van der Waals surface area contributed by atoms with E-state index in [1.165, 1.54) is 6.26 Å². The predicted octanol–water partition coefficient (Wildman–Crippen LogP) is 1.53. The topological polar surface area (TPSA) is 42.7 Å². The zero-order chi connectivity index (χ0) is 10.8. The Hall–Kier alpha value is -1.29. The van der Waals surface area contributed by atoms with Crippen molar-refractivity contribution in [3.8, 4) is 0 Å². The second-order valence-corrected chi connectivity index (χ2v) is 3.93. The number of nitrogens with zero attached hydrogens (tertiary/aromatic N) is 1. The minimum Gasteiger partial charge on any atom is -0.459 e. The molecule has 82 valence electrons. The van der Waals surface area contributed by atoms with Crippen molar-refractivity contribution in [2.45, 2.75) is 26.0 Å². The fraction of sp³-hybridized carbons (Fsp3) is 0.545. The van der Waals surface area contributed by atoms with E-state index in [0.717, 1.165) is 0 Å². The predicted molar refractivity (Wildman–Crippen MR) is 54.6 cm³/mol. The van der Waals surface area contributed by atoms with E-state index in [-0.39, 0.29) is 18.1 Å². The molecule has 0 saturated carbocycles. The van der Waals surface area contributed by atoms with Crippen molar-refractivity contribution in [2.24, 2.45) is 0 Å². The Morgan fingerprint density at radius 3 is 3.00 bits per heavy atom. The van der Waals surface area contributed by atoms with E-state index in [1.54, 1.807) is 17.0 Å². The summed E-state index contributed by atoms with van der Waals surface area (Å²) in [6.07, 6.45) is 1.61. The zero-order valence-electron chi connectivity index (χ0n) is 8.97. The Morgan fingerprint density at radius 2 is 2.33 bits per heavy atom. The minimum absolute atomic E-state index is 0.0531. The summed E-state index contributed by atoms with van der Waals surface area (Å²) in [6, 6.07) is 3.52. The first-order chi connectivity index (χ1) is 7.18. The lowest BCUT2D eigenvalue weighted by molar-refractivity contribution is -0.0396. The van der Waals surface area contributed by atoms with Crippen LogP contribution in [0.4, 0.5) is 0 Å². The quantitative estimate of drug-likeness (QED) is 0.704. The number of furan rings is 1. The molecule has 1 aromatic rings. The van der Waals surface area contributed by atoms with Gasteiger partial charge in [-0.3, -0.25) is 4.79 Å². The highest BCUT2D eigenvalue weighted by atomic mass is 16.5. The van der Waals surface area contributed by atoms with Gasteiger partial charge in [0, 0.05) is 6.54 Å². The Labute approximate surface area is 88.8 Å². The molecule has 1 aromatic heterocycles. The molecule has 1 amide bonds. The summed E-state index contributed by atoms with van der Waals surface area (Å²) < 4.78 is 10.6. The van der Waals surface area contributed by atoms with E-state index in [4.69, 9.17) is 9.15 Å². The molecule has 2 rings (SSSR count). The first-order valence-corrected chi connectivity index (χ1v) is 5.14. The van der Waals surface area contributed by atoms with Gasteiger partial charge in [0.05, 0.1) is 25.0 Å². The summed E-state index contributed by atoms with van der Waals surface area (Å²) in [5.41, 5.74) is 0. The summed E-state index contributed by atoms with van der Waals surface area (Å²) in [4.78, 5) is 13.8. The highest BCUT2D eigenvalue weighted by Crippen LogP contribution is 2.15. The van der Waals surface area contributed by atoms with Gasteiger partial charge in [0.15, 0.2) is 5.76 Å². The van der Waals surface area contributed by atoms with Crippen LogP contribution in [-0.2, 0) is 4.74 Å². The van der Waals surface area contributed by atoms with E-state index in [9.17, 15) is 4.79 Å². The van der Waals surface area contributed by atoms with Crippen LogP contribution in [0, 0.1) is 0 Å². The van der Waals surface area contributed by atoms with Crippen LogP contribution in [0.5, 0.6) is 0 Å². The van der Waals surface area contributed by atoms with Crippen molar-refractivity contribution in [3.63, 3.8) is 0 Å². The molecule has 0 bridgehead atoms. The van der Waals surface area contributed by atoms with Crippen LogP contribution in [0.25, 0.3) is 0 Å². The van der Waals surface area contributed by atoms with Gasteiger partial charge >= 0.3 is 0 Å². The van der Waals surface area contributed by atoms with Crippen molar-refractivity contribution in [2.75, 3.05) is 13.2 Å². The van der Waals surface area contributed by atoms with Gasteiger partial charge in [-0.2, -0.15) is 0 Å². The second kappa shape index (κ2) is 4.06. The average molecular weight is 209 g/mol. The van der Waals surface area contributed by atoms with Gasteiger partial charge in [-0.05, 0) is 26.0 Å². The summed E-state index contributed by atoms with van der Waals surface area (Å²) in [6.45, 7) is 5.16. The van der Waals surface area contributed by atoms with Crippen LogP contribution in [0.2, 0.25) is 0 Å². The van der Waals surface area contributed by atoms with Crippen LogP contribution >= 0.6 is 0 Å². The number of carbonyl (C=O) groups is 1. The summed E-state index contributed by atoms with van der Waals surface area (Å²) in [5, 5.41) is 0. The molecule has 0 N–H and O–H groups in total. The maximum atomic E-state index is 12.0.